The Hall–Kier alpha value is -3.22. The van der Waals surface area contributed by atoms with E-state index < -0.39 is 34.5 Å². The van der Waals surface area contributed by atoms with Crippen LogP contribution in [-0.2, 0) is 22.1 Å². The number of benzene rings is 1. The summed E-state index contributed by atoms with van der Waals surface area (Å²) in [6.07, 6.45) is -4.66. The Morgan fingerprint density at radius 1 is 1.15 bits per heavy atom. The van der Waals surface area contributed by atoms with Crippen LogP contribution < -0.4 is 16.0 Å². The molecule has 3 aromatic rings. The highest BCUT2D eigenvalue weighted by Gasteiger charge is 2.35. The van der Waals surface area contributed by atoms with E-state index in [4.69, 9.17) is 27.9 Å². The second-order valence-electron chi connectivity index (χ2n) is 10.6. The van der Waals surface area contributed by atoms with Gasteiger partial charge in [-0.2, -0.15) is 13.2 Å². The van der Waals surface area contributed by atoms with Crippen molar-refractivity contribution in [2.75, 3.05) is 38.0 Å². The largest absolute Gasteiger partial charge is 0.444 e. The molecule has 1 aliphatic rings. The fraction of sp³-hybridized carbons (Fsp3) is 0.444. The summed E-state index contributed by atoms with van der Waals surface area (Å²) in [4.78, 5) is 33.7. The van der Waals surface area contributed by atoms with Crippen LogP contribution in [0.25, 0.3) is 10.9 Å². The Morgan fingerprint density at radius 3 is 2.61 bits per heavy atom. The van der Waals surface area contributed by atoms with Crippen LogP contribution in [0.15, 0.2) is 30.3 Å². The number of aromatic amines is 1. The Labute approximate surface area is 245 Å². The molecular formula is C27H31Cl2F3N6O3. The molecule has 1 atom stereocenters. The van der Waals surface area contributed by atoms with E-state index in [2.05, 4.69) is 30.8 Å². The molecule has 3 heterocycles. The Bertz CT molecular complexity index is 1420. The van der Waals surface area contributed by atoms with Crippen molar-refractivity contribution < 1.29 is 27.5 Å². The average Bonchev–Trinajstić information content (AvgIpc) is 3.23. The van der Waals surface area contributed by atoms with Gasteiger partial charge in [0.1, 0.15) is 11.4 Å². The summed E-state index contributed by atoms with van der Waals surface area (Å²) in [5.74, 6) is -0.344. The quantitative estimate of drug-likeness (QED) is 0.265. The molecule has 2 aromatic heterocycles. The molecule has 0 spiro atoms. The van der Waals surface area contributed by atoms with E-state index in [1.165, 1.54) is 6.07 Å². The Morgan fingerprint density at radius 2 is 1.90 bits per heavy atom. The third-order valence-corrected chi connectivity index (χ3v) is 6.97. The van der Waals surface area contributed by atoms with Crippen LogP contribution >= 0.6 is 23.2 Å². The molecule has 0 bridgehead atoms. The highest BCUT2D eigenvalue weighted by Crippen LogP contribution is 2.36. The number of hydrogen-bond acceptors (Lipinski definition) is 6. The maximum absolute atomic E-state index is 13.2. The number of carbonyl (C=O) groups excluding carboxylic acids is 2. The van der Waals surface area contributed by atoms with Crippen molar-refractivity contribution in [3.05, 3.63) is 57.3 Å². The van der Waals surface area contributed by atoms with Crippen molar-refractivity contribution in [1.82, 2.24) is 25.5 Å². The van der Waals surface area contributed by atoms with Gasteiger partial charge in [0.05, 0.1) is 17.6 Å². The molecule has 222 valence electrons. The average molecular weight is 615 g/mol. The van der Waals surface area contributed by atoms with Crippen LogP contribution in [0.5, 0.6) is 0 Å². The molecule has 2 amide bonds. The number of pyridine rings is 1. The molecule has 1 aliphatic heterocycles. The predicted octanol–water partition coefficient (Wildman–Crippen LogP) is 5.54. The van der Waals surface area contributed by atoms with Gasteiger partial charge >= 0.3 is 12.3 Å². The van der Waals surface area contributed by atoms with Crippen LogP contribution in [-0.4, -0.2) is 65.2 Å². The number of H-pyrrole nitrogens is 1. The Kier molecular flexibility index (Phi) is 9.25. The highest BCUT2D eigenvalue weighted by molar-refractivity contribution is 6.31. The lowest BCUT2D eigenvalue weighted by atomic mass is 9.97. The molecule has 0 fully saturated rings. The number of nitrogens with one attached hydrogen (secondary N) is 4. The standard InChI is InChI=1S/C27H31Cl2F3N6O3/c1-26(2,3)41-25(40)35-14-22(39)34-13-20-23-16(17-12-15(28)4-6-19(17)36-23)8-10-38(20)11-9-33-21-7-5-18(29)24(37-21)27(30,31)32/h4-7,12,20,36H,8-11,13-14H2,1-3H3,(H,33,37)(H,34,39)(H,35,40). The molecule has 1 aromatic carbocycles. The van der Waals surface area contributed by atoms with E-state index in [-0.39, 0.29) is 31.5 Å². The monoisotopic (exact) mass is 614 g/mol. The van der Waals surface area contributed by atoms with E-state index >= 15 is 0 Å². The molecule has 0 saturated heterocycles. The van der Waals surface area contributed by atoms with Crippen molar-refractivity contribution in [3.8, 4) is 0 Å². The maximum Gasteiger partial charge on any atom is 0.434 e. The van der Waals surface area contributed by atoms with E-state index in [0.717, 1.165) is 28.2 Å². The number of amides is 2. The van der Waals surface area contributed by atoms with E-state index in [0.29, 0.717) is 24.5 Å². The van der Waals surface area contributed by atoms with Crippen molar-refractivity contribution in [1.29, 1.82) is 0 Å². The molecule has 0 aliphatic carbocycles. The summed E-state index contributed by atoms with van der Waals surface area (Å²) in [6, 6.07) is 7.86. The number of carbonyl (C=O) groups is 2. The number of rotatable bonds is 8. The minimum atomic E-state index is -4.67. The number of halogens is 5. The van der Waals surface area contributed by atoms with Crippen LogP contribution in [0.3, 0.4) is 0 Å². The van der Waals surface area contributed by atoms with Gasteiger partial charge in [0.25, 0.3) is 0 Å². The van der Waals surface area contributed by atoms with Gasteiger partial charge in [0, 0.05) is 47.8 Å². The highest BCUT2D eigenvalue weighted by atomic mass is 35.5. The van der Waals surface area contributed by atoms with Crippen LogP contribution in [0.4, 0.5) is 23.8 Å². The van der Waals surface area contributed by atoms with Gasteiger partial charge in [-0.15, -0.1) is 0 Å². The van der Waals surface area contributed by atoms with Gasteiger partial charge in [-0.05, 0) is 63.1 Å². The first-order valence-electron chi connectivity index (χ1n) is 13.0. The number of hydrogen-bond donors (Lipinski definition) is 4. The number of alkyl halides is 3. The van der Waals surface area contributed by atoms with Gasteiger partial charge in [0.15, 0.2) is 5.69 Å². The lowest BCUT2D eigenvalue weighted by molar-refractivity contribution is -0.141. The van der Waals surface area contributed by atoms with Gasteiger partial charge in [-0.25, -0.2) is 9.78 Å². The van der Waals surface area contributed by atoms with Crippen molar-refractivity contribution in [2.24, 2.45) is 0 Å². The van der Waals surface area contributed by atoms with Crippen LogP contribution in [0.2, 0.25) is 10.0 Å². The van der Waals surface area contributed by atoms with E-state index in [9.17, 15) is 22.8 Å². The Balaban J connectivity index is 1.46. The second-order valence-corrected chi connectivity index (χ2v) is 11.5. The lowest BCUT2D eigenvalue weighted by Gasteiger charge is -2.36. The first-order chi connectivity index (χ1) is 19.2. The maximum atomic E-state index is 13.2. The molecule has 0 saturated carbocycles. The number of aromatic nitrogens is 2. The van der Waals surface area contributed by atoms with Crippen molar-refractivity contribution in [3.63, 3.8) is 0 Å². The third kappa shape index (κ3) is 7.96. The summed E-state index contributed by atoms with van der Waals surface area (Å²) in [5.41, 5.74) is 1.07. The summed E-state index contributed by atoms with van der Waals surface area (Å²) in [6.45, 7) is 6.50. The number of ether oxygens (including phenoxy) is 1. The SMILES string of the molecule is CC(C)(C)OC(=O)NCC(=O)NCC1c2[nH]c3ccc(Cl)cc3c2CCN1CCNc1ccc(Cl)c(C(F)(F)F)n1. The molecule has 4 N–H and O–H groups in total. The molecule has 9 nitrogen and oxygen atoms in total. The zero-order chi connectivity index (χ0) is 29.9. The number of alkyl carbamates (subject to hydrolysis) is 1. The van der Waals surface area contributed by atoms with Gasteiger partial charge in [-0.1, -0.05) is 23.2 Å². The van der Waals surface area contributed by atoms with Crippen LogP contribution in [0, 0.1) is 0 Å². The van der Waals surface area contributed by atoms with Crippen LogP contribution in [0.1, 0.15) is 43.8 Å². The molecule has 14 heteroatoms. The zero-order valence-corrected chi connectivity index (χ0v) is 24.2. The number of nitrogens with zero attached hydrogens (tertiary/aromatic N) is 2. The summed E-state index contributed by atoms with van der Waals surface area (Å²) < 4.78 is 44.8. The molecular weight excluding hydrogens is 584 g/mol. The van der Waals surface area contributed by atoms with Crippen molar-refractivity contribution in [2.45, 2.75) is 45.0 Å². The number of fused-ring (bicyclic) bond motifs is 3. The topological polar surface area (TPSA) is 111 Å². The molecule has 41 heavy (non-hydrogen) atoms. The fourth-order valence-electron chi connectivity index (χ4n) is 4.69. The normalized spacial score (nSPS) is 15.9. The van der Waals surface area contributed by atoms with Gasteiger partial charge < -0.3 is 25.7 Å². The summed E-state index contributed by atoms with van der Waals surface area (Å²) >= 11 is 11.9. The minimum Gasteiger partial charge on any atom is -0.444 e. The third-order valence-electron chi connectivity index (χ3n) is 6.43. The number of anilines is 1. The lowest BCUT2D eigenvalue weighted by Crippen LogP contribution is -2.46. The fourth-order valence-corrected chi connectivity index (χ4v) is 5.08. The molecule has 0 radical (unpaired) electrons. The molecule has 4 rings (SSSR count). The van der Waals surface area contributed by atoms with E-state index in [1.807, 2.05) is 12.1 Å². The molecule has 1 unspecified atom stereocenters. The smallest absolute Gasteiger partial charge is 0.434 e. The predicted molar refractivity (Wildman–Crippen MR) is 151 cm³/mol. The zero-order valence-electron chi connectivity index (χ0n) is 22.7. The van der Waals surface area contributed by atoms with Crippen molar-refractivity contribution >= 4 is 51.9 Å². The minimum absolute atomic E-state index is 0.0535. The van der Waals surface area contributed by atoms with Gasteiger partial charge in [0.2, 0.25) is 5.91 Å². The first kappa shape index (κ1) is 30.7. The van der Waals surface area contributed by atoms with Gasteiger partial charge in [-0.3, -0.25) is 9.69 Å². The second kappa shape index (κ2) is 12.3. The summed E-state index contributed by atoms with van der Waals surface area (Å²) in [7, 11) is 0. The first-order valence-corrected chi connectivity index (χ1v) is 13.7. The van der Waals surface area contributed by atoms with E-state index in [1.54, 1.807) is 26.8 Å². The summed E-state index contributed by atoms with van der Waals surface area (Å²) in [5, 5.41) is 9.38.